The van der Waals surface area contributed by atoms with Crippen molar-refractivity contribution < 1.29 is 9.59 Å². The molecule has 0 N–H and O–H groups in total. The highest BCUT2D eigenvalue weighted by Gasteiger charge is 2.22. The first-order valence-electron chi connectivity index (χ1n) is 6.86. The van der Waals surface area contributed by atoms with Crippen LogP contribution in [0, 0.1) is 0 Å². The molecular weight excluding hydrogens is 320 g/mol. The number of allylic oxidation sites excluding steroid dienone is 2. The standard InChI is InChI=1S/C16H18O2S3/c1-3-11(17)5-7-13-15-16(20-10-9-19-15)14(21-13)8-6-12(18)4-2/h3-4H,1-2,5-10H2. The Morgan fingerprint density at radius 1 is 0.905 bits per heavy atom. The first-order chi connectivity index (χ1) is 10.2. The fraction of sp³-hybridized carbons (Fsp3) is 0.375. The molecule has 2 heterocycles. The number of carbonyl (C=O) groups is 2. The molecule has 1 aliphatic rings. The summed E-state index contributed by atoms with van der Waals surface area (Å²) in [6, 6.07) is 0. The number of ketones is 2. The molecule has 2 nitrogen and oxygen atoms in total. The Bertz CT molecular complexity index is 524. The van der Waals surface area contributed by atoms with Gasteiger partial charge in [0.2, 0.25) is 0 Å². The fourth-order valence-corrected chi connectivity index (χ4v) is 6.37. The van der Waals surface area contributed by atoms with Crippen molar-refractivity contribution in [3.8, 4) is 0 Å². The van der Waals surface area contributed by atoms with Crippen LogP contribution in [0.3, 0.4) is 0 Å². The molecule has 2 rings (SSSR count). The monoisotopic (exact) mass is 338 g/mol. The smallest absolute Gasteiger partial charge is 0.155 e. The molecule has 0 atom stereocenters. The molecule has 0 saturated heterocycles. The van der Waals surface area contributed by atoms with Gasteiger partial charge < -0.3 is 0 Å². The van der Waals surface area contributed by atoms with E-state index in [9.17, 15) is 9.59 Å². The maximum Gasteiger partial charge on any atom is 0.155 e. The molecule has 1 aliphatic heterocycles. The molecule has 112 valence electrons. The first-order valence-corrected chi connectivity index (χ1v) is 9.65. The van der Waals surface area contributed by atoms with E-state index in [0.29, 0.717) is 12.8 Å². The lowest BCUT2D eigenvalue weighted by Crippen LogP contribution is -1.98. The van der Waals surface area contributed by atoms with Crippen molar-refractivity contribution in [1.82, 2.24) is 0 Å². The molecule has 21 heavy (non-hydrogen) atoms. The number of fused-ring (bicyclic) bond motifs is 1. The number of hydrogen-bond acceptors (Lipinski definition) is 5. The highest BCUT2D eigenvalue weighted by atomic mass is 32.2. The van der Waals surface area contributed by atoms with E-state index in [1.54, 1.807) is 11.3 Å². The Labute approximate surface area is 138 Å². The van der Waals surface area contributed by atoms with Crippen LogP contribution in [0.2, 0.25) is 0 Å². The Morgan fingerprint density at radius 3 is 1.71 bits per heavy atom. The van der Waals surface area contributed by atoms with Gasteiger partial charge in [0.1, 0.15) is 0 Å². The van der Waals surface area contributed by atoms with Gasteiger partial charge in [0.15, 0.2) is 11.6 Å². The van der Waals surface area contributed by atoms with E-state index in [1.165, 1.54) is 31.7 Å². The number of carbonyl (C=O) groups excluding carboxylic acids is 2. The van der Waals surface area contributed by atoms with Crippen molar-refractivity contribution in [2.75, 3.05) is 11.5 Å². The van der Waals surface area contributed by atoms with Crippen LogP contribution in [0.5, 0.6) is 0 Å². The maximum absolute atomic E-state index is 11.4. The molecule has 0 unspecified atom stereocenters. The van der Waals surface area contributed by atoms with Gasteiger partial charge >= 0.3 is 0 Å². The van der Waals surface area contributed by atoms with Crippen molar-refractivity contribution in [3.63, 3.8) is 0 Å². The van der Waals surface area contributed by atoms with E-state index in [4.69, 9.17) is 0 Å². The second kappa shape index (κ2) is 8.01. The van der Waals surface area contributed by atoms with Crippen LogP contribution in [0.1, 0.15) is 22.6 Å². The normalized spacial score (nSPS) is 13.5. The van der Waals surface area contributed by atoms with Gasteiger partial charge in [-0.05, 0) is 25.0 Å². The van der Waals surface area contributed by atoms with Crippen molar-refractivity contribution in [3.05, 3.63) is 35.1 Å². The van der Waals surface area contributed by atoms with Gasteiger partial charge in [-0.2, -0.15) is 0 Å². The van der Waals surface area contributed by atoms with Crippen LogP contribution in [0.15, 0.2) is 35.1 Å². The molecule has 0 radical (unpaired) electrons. The molecule has 0 amide bonds. The van der Waals surface area contributed by atoms with E-state index >= 15 is 0 Å². The lowest BCUT2D eigenvalue weighted by molar-refractivity contribution is -0.115. The largest absolute Gasteiger partial charge is 0.295 e. The number of thiophene rings is 1. The fourth-order valence-electron chi connectivity index (χ4n) is 2.08. The second-order valence-electron chi connectivity index (χ2n) is 4.64. The van der Waals surface area contributed by atoms with Gasteiger partial charge in [-0.15, -0.1) is 34.9 Å². The summed E-state index contributed by atoms with van der Waals surface area (Å²) in [5.41, 5.74) is 0. The van der Waals surface area contributed by atoms with E-state index in [1.807, 2.05) is 23.5 Å². The number of hydrogen-bond donors (Lipinski definition) is 0. The molecule has 0 bridgehead atoms. The zero-order chi connectivity index (χ0) is 15.2. The van der Waals surface area contributed by atoms with Crippen LogP contribution < -0.4 is 0 Å². The average Bonchev–Trinajstić information content (AvgIpc) is 2.88. The van der Waals surface area contributed by atoms with Crippen LogP contribution in [0.25, 0.3) is 0 Å². The summed E-state index contributed by atoms with van der Waals surface area (Å²) < 4.78 is 0. The molecule has 0 spiro atoms. The molecule has 1 aromatic heterocycles. The summed E-state index contributed by atoms with van der Waals surface area (Å²) in [5.74, 6) is 2.41. The molecule has 1 aromatic rings. The minimum Gasteiger partial charge on any atom is -0.295 e. The molecule has 5 heteroatoms. The zero-order valence-corrected chi connectivity index (χ0v) is 14.3. The highest BCUT2D eigenvalue weighted by molar-refractivity contribution is 8.06. The van der Waals surface area contributed by atoms with Crippen molar-refractivity contribution in [1.29, 1.82) is 0 Å². The topological polar surface area (TPSA) is 34.1 Å². The number of rotatable bonds is 8. The zero-order valence-electron chi connectivity index (χ0n) is 11.9. The third-order valence-electron chi connectivity index (χ3n) is 3.19. The summed E-state index contributed by atoms with van der Waals surface area (Å²) >= 11 is 5.53. The van der Waals surface area contributed by atoms with Gasteiger partial charge in [0.05, 0.1) is 0 Å². The van der Waals surface area contributed by atoms with E-state index in [-0.39, 0.29) is 11.6 Å². The van der Waals surface area contributed by atoms with Gasteiger partial charge in [-0.1, -0.05) is 13.2 Å². The SMILES string of the molecule is C=CC(=O)CCc1sc(CCC(=O)C=C)c2c1SCCS2. The maximum atomic E-state index is 11.4. The first kappa shape index (κ1) is 16.6. The lowest BCUT2D eigenvalue weighted by atomic mass is 10.2. The third kappa shape index (κ3) is 4.34. The molecular formula is C16H18O2S3. The van der Waals surface area contributed by atoms with Gasteiger partial charge in [0, 0.05) is 43.9 Å². The van der Waals surface area contributed by atoms with Crippen LogP contribution in [-0.2, 0) is 22.4 Å². The predicted molar refractivity (Wildman–Crippen MR) is 92.8 cm³/mol. The summed E-state index contributed by atoms with van der Waals surface area (Å²) in [4.78, 5) is 28.1. The molecule has 0 aliphatic carbocycles. The molecule has 0 saturated carbocycles. The minimum atomic E-state index is 0.0917. The lowest BCUT2D eigenvalue weighted by Gasteiger charge is -2.13. The van der Waals surface area contributed by atoms with Gasteiger partial charge in [-0.25, -0.2) is 0 Å². The number of thioether (sulfide) groups is 2. The third-order valence-corrected chi connectivity index (χ3v) is 7.44. The van der Waals surface area contributed by atoms with Crippen molar-refractivity contribution >= 4 is 46.4 Å². The van der Waals surface area contributed by atoms with Crippen LogP contribution >= 0.6 is 34.9 Å². The molecule has 0 aromatic carbocycles. The van der Waals surface area contributed by atoms with Crippen LogP contribution in [-0.4, -0.2) is 23.1 Å². The summed E-state index contributed by atoms with van der Waals surface area (Å²) in [6.07, 6.45) is 5.39. The van der Waals surface area contributed by atoms with Crippen LogP contribution in [0.4, 0.5) is 0 Å². The molecule has 0 fully saturated rings. The summed E-state index contributed by atoms with van der Waals surface area (Å²) in [7, 11) is 0. The predicted octanol–water partition coefficient (Wildman–Crippen LogP) is 4.32. The van der Waals surface area contributed by atoms with Crippen molar-refractivity contribution in [2.24, 2.45) is 0 Å². The second-order valence-corrected chi connectivity index (χ2v) is 8.04. The Kier molecular flexibility index (Phi) is 6.33. The Morgan fingerprint density at radius 2 is 1.33 bits per heavy atom. The minimum absolute atomic E-state index is 0.0917. The van der Waals surface area contributed by atoms with E-state index in [0.717, 1.165) is 24.3 Å². The summed E-state index contributed by atoms with van der Waals surface area (Å²) in [6.45, 7) is 7.04. The van der Waals surface area contributed by atoms with Crippen molar-refractivity contribution in [2.45, 2.75) is 35.5 Å². The quantitative estimate of drug-likeness (QED) is 0.661. The van der Waals surface area contributed by atoms with E-state index < -0.39 is 0 Å². The Balaban J connectivity index is 2.15. The summed E-state index contributed by atoms with van der Waals surface area (Å²) in [5, 5.41) is 0. The van der Waals surface area contributed by atoms with E-state index in [2.05, 4.69) is 13.2 Å². The average molecular weight is 339 g/mol. The van der Waals surface area contributed by atoms with Gasteiger partial charge in [0.25, 0.3) is 0 Å². The Hall–Kier alpha value is -0.780. The highest BCUT2D eigenvalue weighted by Crippen LogP contribution is 2.46. The van der Waals surface area contributed by atoms with Gasteiger partial charge in [-0.3, -0.25) is 9.59 Å². The number of aryl methyl sites for hydroxylation is 2.